The van der Waals surface area contributed by atoms with E-state index < -0.39 is 11.4 Å². The minimum Gasteiger partial charge on any atom is -0.495 e. The van der Waals surface area contributed by atoms with Gasteiger partial charge in [-0.25, -0.2) is 4.79 Å². The van der Waals surface area contributed by atoms with Crippen LogP contribution in [0.25, 0.3) is 0 Å². The highest BCUT2D eigenvalue weighted by Crippen LogP contribution is 2.38. The molecule has 1 aliphatic rings. The topological polar surface area (TPSA) is 79.9 Å². The monoisotopic (exact) mass is 459 g/mol. The lowest BCUT2D eigenvalue weighted by Gasteiger charge is -2.28. The zero-order chi connectivity index (χ0) is 23.5. The Hall–Kier alpha value is -2.93. The van der Waals surface area contributed by atoms with Gasteiger partial charge in [0, 0.05) is 23.3 Å². The molecule has 2 aromatic carbocycles. The van der Waals surface area contributed by atoms with E-state index in [0.29, 0.717) is 46.0 Å². The fourth-order valence-corrected chi connectivity index (χ4v) is 3.57. The van der Waals surface area contributed by atoms with Crippen molar-refractivity contribution < 1.29 is 19.1 Å². The fraction of sp³-hybridized carbons (Fsp3) is 0.417. The van der Waals surface area contributed by atoms with Crippen LogP contribution < -0.4 is 25.0 Å². The Labute approximate surface area is 194 Å². The van der Waals surface area contributed by atoms with Crippen molar-refractivity contribution in [2.75, 3.05) is 35.8 Å². The van der Waals surface area contributed by atoms with Crippen molar-refractivity contribution in [2.45, 2.75) is 34.1 Å². The highest BCUT2D eigenvalue weighted by atomic mass is 35.5. The van der Waals surface area contributed by atoms with E-state index in [4.69, 9.17) is 21.1 Å². The van der Waals surface area contributed by atoms with Gasteiger partial charge >= 0.3 is 6.03 Å². The van der Waals surface area contributed by atoms with Crippen LogP contribution in [0.5, 0.6) is 11.5 Å². The van der Waals surface area contributed by atoms with E-state index in [2.05, 4.69) is 24.5 Å². The van der Waals surface area contributed by atoms with Gasteiger partial charge in [0.1, 0.15) is 18.1 Å². The maximum absolute atomic E-state index is 13.1. The third-order valence-electron chi connectivity index (χ3n) is 5.26. The van der Waals surface area contributed by atoms with E-state index in [1.807, 2.05) is 19.9 Å². The number of ether oxygens (including phenoxy) is 2. The average molecular weight is 460 g/mol. The van der Waals surface area contributed by atoms with Gasteiger partial charge in [0.25, 0.3) is 0 Å². The van der Waals surface area contributed by atoms with Crippen molar-refractivity contribution in [3.05, 3.63) is 41.4 Å². The lowest BCUT2D eigenvalue weighted by Crippen LogP contribution is -2.42. The van der Waals surface area contributed by atoms with Crippen LogP contribution in [0.1, 0.15) is 34.1 Å². The Morgan fingerprint density at radius 1 is 1.22 bits per heavy atom. The summed E-state index contributed by atoms with van der Waals surface area (Å²) in [5.74, 6) is 1.55. The lowest BCUT2D eigenvalue weighted by molar-refractivity contribution is -0.127. The Kier molecular flexibility index (Phi) is 7.19. The third kappa shape index (κ3) is 5.46. The standard InChI is InChI=1S/C24H30ClN3O4/c1-15(2)10-11-28-19-8-7-17(13-21(19)32-14-24(3,4)22(28)29)26-23(30)27-18-12-16(25)6-9-20(18)31-5/h6-9,12-13,15H,10-11,14H2,1-5H3,(H2,26,27,30). The highest BCUT2D eigenvalue weighted by Gasteiger charge is 2.37. The molecule has 8 heteroatoms. The third-order valence-corrected chi connectivity index (χ3v) is 5.50. The van der Waals surface area contributed by atoms with Gasteiger partial charge in [0.2, 0.25) is 5.91 Å². The Morgan fingerprint density at radius 2 is 1.97 bits per heavy atom. The van der Waals surface area contributed by atoms with E-state index in [0.717, 1.165) is 6.42 Å². The number of hydrogen-bond acceptors (Lipinski definition) is 4. The van der Waals surface area contributed by atoms with Gasteiger partial charge in [0.15, 0.2) is 0 Å². The molecule has 2 aromatic rings. The summed E-state index contributed by atoms with van der Waals surface area (Å²) in [5, 5.41) is 6.02. The number of anilines is 3. The molecule has 0 atom stereocenters. The quantitative estimate of drug-likeness (QED) is 0.572. The minimum atomic E-state index is -0.649. The summed E-state index contributed by atoms with van der Waals surface area (Å²) in [4.78, 5) is 27.5. The van der Waals surface area contributed by atoms with E-state index in [9.17, 15) is 9.59 Å². The first-order valence-corrected chi connectivity index (χ1v) is 11.0. The molecule has 1 heterocycles. The number of halogens is 1. The fourth-order valence-electron chi connectivity index (χ4n) is 3.40. The zero-order valence-electron chi connectivity index (χ0n) is 19.1. The SMILES string of the molecule is COc1ccc(Cl)cc1NC(=O)Nc1ccc2c(c1)OCC(C)(C)C(=O)N2CCC(C)C. The predicted octanol–water partition coefficient (Wildman–Crippen LogP) is 5.79. The molecule has 0 spiro atoms. The molecule has 0 aliphatic carbocycles. The second-order valence-electron chi connectivity index (χ2n) is 8.92. The molecule has 0 saturated carbocycles. The number of nitrogens with zero attached hydrogens (tertiary/aromatic N) is 1. The number of methoxy groups -OCH3 is 1. The molecular weight excluding hydrogens is 430 g/mol. The number of carbonyl (C=O) groups is 2. The summed E-state index contributed by atoms with van der Waals surface area (Å²) >= 11 is 6.03. The van der Waals surface area contributed by atoms with Gasteiger partial charge < -0.3 is 25.0 Å². The molecule has 0 radical (unpaired) electrons. The second-order valence-corrected chi connectivity index (χ2v) is 9.35. The van der Waals surface area contributed by atoms with Crippen LogP contribution in [-0.2, 0) is 4.79 Å². The molecular formula is C24H30ClN3O4. The number of hydrogen-bond donors (Lipinski definition) is 2. The summed E-state index contributed by atoms with van der Waals surface area (Å²) < 4.78 is 11.3. The predicted molar refractivity (Wildman–Crippen MR) is 128 cm³/mol. The van der Waals surface area contributed by atoms with Gasteiger partial charge in [-0.05, 0) is 56.5 Å². The molecule has 0 fully saturated rings. The van der Waals surface area contributed by atoms with Crippen LogP contribution in [0.3, 0.4) is 0 Å². The van der Waals surface area contributed by atoms with Crippen molar-refractivity contribution in [1.29, 1.82) is 0 Å². The number of carbonyl (C=O) groups excluding carboxylic acids is 2. The first kappa shape index (κ1) is 23.7. The summed E-state index contributed by atoms with van der Waals surface area (Å²) in [5.41, 5.74) is 1.06. The largest absolute Gasteiger partial charge is 0.495 e. The average Bonchev–Trinajstić information content (AvgIpc) is 2.81. The van der Waals surface area contributed by atoms with E-state index in [1.54, 1.807) is 35.2 Å². The summed E-state index contributed by atoms with van der Waals surface area (Å²) in [6.07, 6.45) is 0.880. The maximum Gasteiger partial charge on any atom is 0.323 e. The smallest absolute Gasteiger partial charge is 0.323 e. The lowest BCUT2D eigenvalue weighted by atomic mass is 9.92. The molecule has 32 heavy (non-hydrogen) atoms. The van der Waals surface area contributed by atoms with E-state index in [1.165, 1.54) is 7.11 Å². The Balaban J connectivity index is 1.81. The van der Waals surface area contributed by atoms with Gasteiger partial charge in [-0.3, -0.25) is 4.79 Å². The van der Waals surface area contributed by atoms with Crippen LogP contribution in [0.2, 0.25) is 5.02 Å². The zero-order valence-corrected chi connectivity index (χ0v) is 19.9. The first-order chi connectivity index (χ1) is 15.1. The van der Waals surface area contributed by atoms with Crippen molar-refractivity contribution >= 4 is 40.6 Å². The maximum atomic E-state index is 13.1. The normalized spacial score (nSPS) is 15.0. The van der Waals surface area contributed by atoms with Crippen LogP contribution in [-0.4, -0.2) is 32.2 Å². The molecule has 0 unspecified atom stereocenters. The Bertz CT molecular complexity index is 1010. The van der Waals surface area contributed by atoms with Crippen LogP contribution in [0.15, 0.2) is 36.4 Å². The van der Waals surface area contributed by atoms with E-state index >= 15 is 0 Å². The van der Waals surface area contributed by atoms with Gasteiger partial charge in [-0.2, -0.15) is 0 Å². The number of fused-ring (bicyclic) bond motifs is 1. The van der Waals surface area contributed by atoms with E-state index in [-0.39, 0.29) is 12.5 Å². The van der Waals surface area contributed by atoms with Gasteiger partial charge in [-0.15, -0.1) is 0 Å². The van der Waals surface area contributed by atoms with Gasteiger partial charge in [-0.1, -0.05) is 25.4 Å². The van der Waals surface area contributed by atoms with Crippen molar-refractivity contribution in [1.82, 2.24) is 0 Å². The van der Waals surface area contributed by atoms with Crippen molar-refractivity contribution in [3.8, 4) is 11.5 Å². The Morgan fingerprint density at radius 3 is 2.66 bits per heavy atom. The molecule has 3 rings (SSSR count). The summed E-state index contributed by atoms with van der Waals surface area (Å²) in [7, 11) is 1.52. The van der Waals surface area contributed by atoms with Crippen molar-refractivity contribution in [3.63, 3.8) is 0 Å². The molecule has 1 aliphatic heterocycles. The molecule has 2 N–H and O–H groups in total. The highest BCUT2D eigenvalue weighted by molar-refractivity contribution is 6.31. The summed E-state index contributed by atoms with van der Waals surface area (Å²) in [6.45, 7) is 8.89. The van der Waals surface area contributed by atoms with Crippen LogP contribution in [0.4, 0.5) is 21.9 Å². The number of rotatable bonds is 6. The van der Waals surface area contributed by atoms with Gasteiger partial charge in [0.05, 0.1) is 23.9 Å². The summed E-state index contributed by atoms with van der Waals surface area (Å²) in [6, 6.07) is 9.82. The molecule has 0 saturated heterocycles. The minimum absolute atomic E-state index is 0.0309. The molecule has 0 bridgehead atoms. The van der Waals surface area contributed by atoms with Crippen LogP contribution >= 0.6 is 11.6 Å². The number of benzene rings is 2. The van der Waals surface area contributed by atoms with Crippen molar-refractivity contribution in [2.24, 2.45) is 11.3 Å². The first-order valence-electron chi connectivity index (χ1n) is 10.6. The molecule has 0 aromatic heterocycles. The molecule has 3 amide bonds. The number of nitrogens with one attached hydrogen (secondary N) is 2. The second kappa shape index (κ2) is 9.69. The molecule has 7 nitrogen and oxygen atoms in total. The van der Waals surface area contributed by atoms with Crippen LogP contribution in [0, 0.1) is 11.3 Å². The number of amides is 3. The number of urea groups is 1. The molecule has 172 valence electrons.